The topological polar surface area (TPSA) is 89.8 Å². The summed E-state index contributed by atoms with van der Waals surface area (Å²) in [6, 6.07) is 13.1. The number of hydrogen-bond acceptors (Lipinski definition) is 6. The second-order valence-electron chi connectivity index (χ2n) is 5.77. The van der Waals surface area contributed by atoms with Gasteiger partial charge in [0.25, 0.3) is 5.91 Å². The fourth-order valence-electron chi connectivity index (χ4n) is 2.67. The molecule has 0 bridgehead atoms. The molecule has 0 radical (unpaired) electrons. The van der Waals surface area contributed by atoms with Crippen LogP contribution in [0, 0.1) is 0 Å². The zero-order valence-electron chi connectivity index (χ0n) is 14.0. The summed E-state index contributed by atoms with van der Waals surface area (Å²) < 4.78 is 16.0. The molecular weight excluding hydrogens is 368 g/mol. The lowest BCUT2D eigenvalue weighted by molar-refractivity contribution is 0.0976. The number of benzene rings is 2. The number of rotatable bonds is 2. The highest BCUT2D eigenvalue weighted by atomic mass is 32.1. The molecule has 1 aromatic heterocycles. The van der Waals surface area contributed by atoms with E-state index in [0.29, 0.717) is 41.5 Å². The van der Waals surface area contributed by atoms with Gasteiger partial charge in [0.1, 0.15) is 18.8 Å². The van der Waals surface area contributed by atoms with Crippen molar-refractivity contribution in [2.24, 2.45) is 0 Å². The Bertz CT molecular complexity index is 1110. The molecule has 2 heterocycles. The maximum atomic E-state index is 12.4. The normalized spacial score (nSPS) is 12.4. The van der Waals surface area contributed by atoms with Gasteiger partial charge < -0.3 is 19.2 Å². The monoisotopic (exact) mass is 382 g/mol. The molecule has 7 nitrogen and oxygen atoms in total. The summed E-state index contributed by atoms with van der Waals surface area (Å²) >= 11 is 5.20. The number of ether oxygens (including phenoxy) is 2. The van der Waals surface area contributed by atoms with Gasteiger partial charge in [-0.15, -0.1) is 0 Å². The van der Waals surface area contributed by atoms with Crippen LogP contribution in [0.15, 0.2) is 57.7 Å². The lowest BCUT2D eigenvalue weighted by Crippen LogP contribution is -2.34. The van der Waals surface area contributed by atoms with Crippen molar-refractivity contribution in [3.8, 4) is 11.5 Å². The third kappa shape index (κ3) is 3.75. The molecule has 3 aromatic rings. The molecule has 0 aliphatic carbocycles. The third-order valence-corrected chi connectivity index (χ3v) is 4.11. The molecule has 4 rings (SSSR count). The summed E-state index contributed by atoms with van der Waals surface area (Å²) in [5.41, 5.74) is 1.12. The average Bonchev–Trinajstić information content (AvgIpc) is 2.67. The largest absolute Gasteiger partial charge is 0.486 e. The van der Waals surface area contributed by atoms with E-state index in [4.69, 9.17) is 26.1 Å². The molecule has 0 spiro atoms. The number of anilines is 1. The van der Waals surface area contributed by atoms with Crippen molar-refractivity contribution in [2.75, 3.05) is 18.5 Å². The molecule has 0 atom stereocenters. The van der Waals surface area contributed by atoms with Gasteiger partial charge in [-0.3, -0.25) is 10.1 Å². The van der Waals surface area contributed by atoms with E-state index >= 15 is 0 Å². The SMILES string of the molecule is O=C(NC(=S)Nc1ccc2oc(=O)ccc2c1)c1ccc2c(c1)OCCO2. The molecular formula is C19H14N2O5S. The maximum Gasteiger partial charge on any atom is 0.336 e. The molecule has 1 amide bonds. The molecule has 2 N–H and O–H groups in total. The van der Waals surface area contributed by atoms with Crippen molar-refractivity contribution in [2.45, 2.75) is 0 Å². The van der Waals surface area contributed by atoms with Crippen LogP contribution >= 0.6 is 12.2 Å². The molecule has 0 fully saturated rings. The van der Waals surface area contributed by atoms with E-state index in [0.717, 1.165) is 5.39 Å². The summed E-state index contributed by atoms with van der Waals surface area (Å²) in [6.45, 7) is 0.932. The Morgan fingerprint density at radius 2 is 1.78 bits per heavy atom. The summed E-state index contributed by atoms with van der Waals surface area (Å²) in [5.74, 6) is 0.779. The first-order valence-corrected chi connectivity index (χ1v) is 8.55. The van der Waals surface area contributed by atoms with E-state index in [2.05, 4.69) is 10.6 Å². The van der Waals surface area contributed by atoms with E-state index < -0.39 is 5.63 Å². The Labute approximate surface area is 158 Å². The van der Waals surface area contributed by atoms with Gasteiger partial charge >= 0.3 is 5.63 Å². The fourth-order valence-corrected chi connectivity index (χ4v) is 2.88. The molecule has 0 unspecified atom stereocenters. The number of carbonyl (C=O) groups excluding carboxylic acids is 1. The van der Waals surface area contributed by atoms with Crippen LogP contribution in [0.1, 0.15) is 10.4 Å². The van der Waals surface area contributed by atoms with Crippen LogP contribution in [-0.2, 0) is 0 Å². The molecule has 8 heteroatoms. The van der Waals surface area contributed by atoms with E-state index in [-0.39, 0.29) is 11.0 Å². The highest BCUT2D eigenvalue weighted by molar-refractivity contribution is 7.80. The van der Waals surface area contributed by atoms with Gasteiger partial charge in [-0.05, 0) is 54.7 Å². The van der Waals surface area contributed by atoms with Crippen molar-refractivity contribution in [1.82, 2.24) is 5.32 Å². The molecule has 1 aliphatic rings. The Morgan fingerprint density at radius 1 is 0.963 bits per heavy atom. The first kappa shape index (κ1) is 17.0. The number of fused-ring (bicyclic) bond motifs is 2. The van der Waals surface area contributed by atoms with Crippen LogP contribution in [0.2, 0.25) is 0 Å². The highest BCUT2D eigenvalue weighted by Crippen LogP contribution is 2.30. The minimum Gasteiger partial charge on any atom is -0.486 e. The minimum absolute atomic E-state index is 0.145. The Morgan fingerprint density at radius 3 is 2.63 bits per heavy atom. The fraction of sp³-hybridized carbons (Fsp3) is 0.105. The van der Waals surface area contributed by atoms with Crippen LogP contribution < -0.4 is 25.7 Å². The number of hydrogen-bond donors (Lipinski definition) is 2. The molecule has 136 valence electrons. The first-order valence-electron chi connectivity index (χ1n) is 8.14. The Balaban J connectivity index is 1.45. The second-order valence-corrected chi connectivity index (χ2v) is 6.18. The maximum absolute atomic E-state index is 12.4. The quantitative estimate of drug-likeness (QED) is 0.520. The van der Waals surface area contributed by atoms with E-state index in [1.165, 1.54) is 6.07 Å². The first-order chi connectivity index (χ1) is 13.1. The number of nitrogens with one attached hydrogen (secondary N) is 2. The smallest absolute Gasteiger partial charge is 0.336 e. The second kappa shape index (κ2) is 7.08. The van der Waals surface area contributed by atoms with E-state index in [1.807, 2.05) is 0 Å². The lowest BCUT2D eigenvalue weighted by Gasteiger charge is -2.18. The van der Waals surface area contributed by atoms with Crippen molar-refractivity contribution in [3.63, 3.8) is 0 Å². The van der Waals surface area contributed by atoms with Crippen LogP contribution in [0.4, 0.5) is 5.69 Å². The Hall–Kier alpha value is -3.39. The zero-order valence-corrected chi connectivity index (χ0v) is 14.8. The number of amides is 1. The van der Waals surface area contributed by atoms with Gasteiger partial charge in [0.2, 0.25) is 0 Å². The summed E-state index contributed by atoms with van der Waals surface area (Å²) in [6.07, 6.45) is 0. The van der Waals surface area contributed by atoms with Crippen LogP contribution in [0.3, 0.4) is 0 Å². The van der Waals surface area contributed by atoms with Crippen LogP contribution in [-0.4, -0.2) is 24.2 Å². The minimum atomic E-state index is -0.412. The Kier molecular flexibility index (Phi) is 4.47. The predicted octanol–water partition coefficient (Wildman–Crippen LogP) is 2.69. The van der Waals surface area contributed by atoms with E-state index in [9.17, 15) is 9.59 Å². The molecule has 1 aliphatic heterocycles. The van der Waals surface area contributed by atoms with E-state index in [1.54, 1.807) is 42.5 Å². The highest BCUT2D eigenvalue weighted by Gasteiger charge is 2.15. The standard InChI is InChI=1S/C19H14N2O5S/c22-17-6-2-11-9-13(3-5-14(11)26-17)20-19(27)21-18(23)12-1-4-15-16(10-12)25-8-7-24-15/h1-6,9-10H,7-8H2,(H2,20,21,23,27). The average molecular weight is 382 g/mol. The van der Waals surface area contributed by atoms with Crippen molar-refractivity contribution < 1.29 is 18.7 Å². The van der Waals surface area contributed by atoms with Gasteiger partial charge in [-0.1, -0.05) is 0 Å². The van der Waals surface area contributed by atoms with Crippen molar-refractivity contribution >= 4 is 39.9 Å². The zero-order chi connectivity index (χ0) is 18.8. The van der Waals surface area contributed by atoms with Gasteiger partial charge in [0, 0.05) is 22.7 Å². The summed E-state index contributed by atoms with van der Waals surface area (Å²) in [4.78, 5) is 23.6. The number of carbonyl (C=O) groups is 1. The van der Waals surface area contributed by atoms with Crippen molar-refractivity contribution in [3.05, 3.63) is 64.5 Å². The molecule has 27 heavy (non-hydrogen) atoms. The van der Waals surface area contributed by atoms with Gasteiger partial charge in [-0.25, -0.2) is 4.79 Å². The van der Waals surface area contributed by atoms with Crippen LogP contribution in [0.25, 0.3) is 11.0 Å². The van der Waals surface area contributed by atoms with Gasteiger partial charge in [0.15, 0.2) is 16.6 Å². The molecule has 2 aromatic carbocycles. The molecule has 0 saturated heterocycles. The molecule has 0 saturated carbocycles. The van der Waals surface area contributed by atoms with Gasteiger partial charge in [-0.2, -0.15) is 0 Å². The third-order valence-electron chi connectivity index (χ3n) is 3.91. The van der Waals surface area contributed by atoms with Crippen LogP contribution in [0.5, 0.6) is 11.5 Å². The van der Waals surface area contributed by atoms with Crippen molar-refractivity contribution in [1.29, 1.82) is 0 Å². The number of thiocarbonyl (C=S) groups is 1. The summed E-state index contributed by atoms with van der Waals surface area (Å²) in [7, 11) is 0. The lowest BCUT2D eigenvalue weighted by atomic mass is 10.2. The predicted molar refractivity (Wildman–Crippen MR) is 104 cm³/mol. The summed E-state index contributed by atoms with van der Waals surface area (Å²) in [5, 5.41) is 6.44. The van der Waals surface area contributed by atoms with Gasteiger partial charge in [0.05, 0.1) is 0 Å².